The predicted molar refractivity (Wildman–Crippen MR) is 88.2 cm³/mol. The molecule has 0 bridgehead atoms. The summed E-state index contributed by atoms with van der Waals surface area (Å²) in [6.07, 6.45) is 0.787. The molecule has 8 heteroatoms. The van der Waals surface area contributed by atoms with Gasteiger partial charge >= 0.3 is 6.09 Å². The number of nitrogens with one attached hydrogen (secondary N) is 1. The van der Waals surface area contributed by atoms with Crippen LogP contribution in [0.15, 0.2) is 0 Å². The summed E-state index contributed by atoms with van der Waals surface area (Å²) in [5.74, 6) is 0. The Hall–Kier alpha value is -1.22. The number of hydrogen-bond donors (Lipinski definition) is 1. The molecule has 0 radical (unpaired) electrons. The van der Waals surface area contributed by atoms with E-state index in [1.54, 1.807) is 0 Å². The zero-order valence-corrected chi connectivity index (χ0v) is 15.0. The summed E-state index contributed by atoms with van der Waals surface area (Å²) in [7, 11) is 0. The van der Waals surface area contributed by atoms with E-state index >= 15 is 0 Å². The lowest BCUT2D eigenvalue weighted by Crippen LogP contribution is -2.34. The van der Waals surface area contributed by atoms with Crippen molar-refractivity contribution in [2.75, 3.05) is 59.4 Å². The van der Waals surface area contributed by atoms with E-state index in [0.29, 0.717) is 65.8 Å². The highest BCUT2D eigenvalue weighted by atomic mass is 16.6. The number of aldehydes is 1. The molecule has 0 saturated heterocycles. The van der Waals surface area contributed by atoms with Crippen LogP contribution in [0.5, 0.6) is 0 Å². The molecule has 0 atom stereocenters. The molecular formula is C16H31NO7. The average Bonchev–Trinajstić information content (AvgIpc) is 2.49. The fourth-order valence-electron chi connectivity index (χ4n) is 1.43. The van der Waals surface area contributed by atoms with Crippen molar-refractivity contribution < 1.29 is 33.3 Å². The molecule has 24 heavy (non-hydrogen) atoms. The monoisotopic (exact) mass is 349 g/mol. The van der Waals surface area contributed by atoms with Crippen molar-refractivity contribution in [1.29, 1.82) is 0 Å². The van der Waals surface area contributed by atoms with Crippen molar-refractivity contribution in [1.82, 2.24) is 5.32 Å². The molecule has 0 aromatic carbocycles. The smallest absolute Gasteiger partial charge is 0.407 e. The van der Waals surface area contributed by atoms with Gasteiger partial charge in [-0.1, -0.05) is 0 Å². The van der Waals surface area contributed by atoms with Gasteiger partial charge in [-0.3, -0.25) is 0 Å². The minimum absolute atomic E-state index is 0.391. The van der Waals surface area contributed by atoms with Crippen molar-refractivity contribution in [2.24, 2.45) is 0 Å². The normalized spacial score (nSPS) is 11.3. The lowest BCUT2D eigenvalue weighted by molar-refractivity contribution is -0.109. The fourth-order valence-corrected chi connectivity index (χ4v) is 1.43. The Balaban J connectivity index is 3.15. The van der Waals surface area contributed by atoms with Crippen molar-refractivity contribution in [2.45, 2.75) is 32.8 Å². The van der Waals surface area contributed by atoms with Crippen LogP contribution in [0, 0.1) is 0 Å². The van der Waals surface area contributed by atoms with Gasteiger partial charge in [-0.15, -0.1) is 0 Å². The minimum Gasteiger partial charge on any atom is -0.444 e. The zero-order valence-electron chi connectivity index (χ0n) is 15.0. The summed E-state index contributed by atoms with van der Waals surface area (Å²) >= 11 is 0. The van der Waals surface area contributed by atoms with Crippen LogP contribution in [0.4, 0.5) is 4.79 Å². The first-order valence-corrected chi connectivity index (χ1v) is 8.17. The van der Waals surface area contributed by atoms with Gasteiger partial charge in [0, 0.05) is 13.0 Å². The third-order valence-corrected chi connectivity index (χ3v) is 2.41. The molecule has 0 aromatic heterocycles. The van der Waals surface area contributed by atoms with E-state index in [1.165, 1.54) is 0 Å². The number of rotatable bonds is 15. The molecule has 1 N–H and O–H groups in total. The number of carbonyl (C=O) groups is 2. The van der Waals surface area contributed by atoms with E-state index in [9.17, 15) is 9.59 Å². The summed E-state index contributed by atoms with van der Waals surface area (Å²) in [6, 6.07) is 0. The number of alkyl carbamates (subject to hydrolysis) is 1. The average molecular weight is 349 g/mol. The highest BCUT2D eigenvalue weighted by molar-refractivity contribution is 5.67. The molecule has 0 aromatic rings. The second-order valence-electron chi connectivity index (χ2n) is 5.83. The predicted octanol–water partition coefficient (Wildman–Crippen LogP) is 1.17. The van der Waals surface area contributed by atoms with Gasteiger partial charge in [0.15, 0.2) is 0 Å². The van der Waals surface area contributed by atoms with Gasteiger partial charge in [0.2, 0.25) is 0 Å². The van der Waals surface area contributed by atoms with E-state index in [2.05, 4.69) is 5.32 Å². The van der Waals surface area contributed by atoms with Gasteiger partial charge in [-0.2, -0.15) is 0 Å². The Morgan fingerprint density at radius 1 is 0.833 bits per heavy atom. The highest BCUT2D eigenvalue weighted by Crippen LogP contribution is 2.05. The number of hydrogen-bond acceptors (Lipinski definition) is 7. The van der Waals surface area contributed by atoms with Crippen LogP contribution in [0.1, 0.15) is 27.2 Å². The number of carbonyl (C=O) groups excluding carboxylic acids is 2. The molecule has 142 valence electrons. The van der Waals surface area contributed by atoms with Gasteiger partial charge in [0.25, 0.3) is 0 Å². The first kappa shape index (κ1) is 22.8. The van der Waals surface area contributed by atoms with Crippen LogP contribution < -0.4 is 5.32 Å². The SMILES string of the molecule is CC(C)(C)OC(=O)NCCOCCOCCOCCOCCC=O. The molecule has 0 unspecified atom stereocenters. The first-order valence-electron chi connectivity index (χ1n) is 8.17. The van der Waals surface area contributed by atoms with Crippen molar-refractivity contribution in [3.05, 3.63) is 0 Å². The van der Waals surface area contributed by atoms with Crippen molar-refractivity contribution >= 4 is 12.4 Å². The Morgan fingerprint density at radius 3 is 1.75 bits per heavy atom. The molecule has 0 heterocycles. The van der Waals surface area contributed by atoms with Crippen molar-refractivity contribution in [3.63, 3.8) is 0 Å². The Morgan fingerprint density at radius 2 is 1.29 bits per heavy atom. The van der Waals surface area contributed by atoms with Crippen LogP contribution in [-0.2, 0) is 28.5 Å². The van der Waals surface area contributed by atoms with E-state index in [4.69, 9.17) is 23.7 Å². The van der Waals surface area contributed by atoms with Crippen LogP contribution in [0.3, 0.4) is 0 Å². The Kier molecular flexibility index (Phi) is 14.5. The highest BCUT2D eigenvalue weighted by Gasteiger charge is 2.15. The summed E-state index contributed by atoms with van der Waals surface area (Å²) in [5.41, 5.74) is -0.498. The maximum atomic E-state index is 11.3. The van der Waals surface area contributed by atoms with E-state index in [-0.39, 0.29) is 0 Å². The maximum Gasteiger partial charge on any atom is 0.407 e. The molecule has 0 aliphatic heterocycles. The number of amides is 1. The molecule has 0 saturated carbocycles. The maximum absolute atomic E-state index is 11.3. The molecule has 0 aliphatic rings. The first-order chi connectivity index (χ1) is 11.5. The van der Waals surface area contributed by atoms with E-state index in [1.807, 2.05) is 20.8 Å². The second kappa shape index (κ2) is 15.3. The molecule has 0 rings (SSSR count). The topological polar surface area (TPSA) is 92.3 Å². The van der Waals surface area contributed by atoms with Crippen LogP contribution in [-0.4, -0.2) is 77.4 Å². The Bertz CT molecular complexity index is 318. The minimum atomic E-state index is -0.498. The zero-order chi connectivity index (χ0) is 18.1. The molecular weight excluding hydrogens is 318 g/mol. The van der Waals surface area contributed by atoms with Gasteiger partial charge in [-0.05, 0) is 20.8 Å². The summed E-state index contributed by atoms with van der Waals surface area (Å²) in [6.45, 7) is 9.49. The van der Waals surface area contributed by atoms with Crippen LogP contribution in [0.2, 0.25) is 0 Å². The van der Waals surface area contributed by atoms with Crippen LogP contribution >= 0.6 is 0 Å². The standard InChI is InChI=1S/C16H31NO7/c1-16(2,3)24-15(19)17-5-8-21-10-12-23-14-13-22-11-9-20-7-4-6-18/h6H,4-5,7-14H2,1-3H3,(H,17,19). The summed E-state index contributed by atoms with van der Waals surface area (Å²) in [5, 5.41) is 2.60. The van der Waals surface area contributed by atoms with Gasteiger partial charge in [0.05, 0.1) is 52.9 Å². The van der Waals surface area contributed by atoms with Gasteiger partial charge in [-0.25, -0.2) is 4.79 Å². The second-order valence-corrected chi connectivity index (χ2v) is 5.83. The third kappa shape index (κ3) is 18.8. The van der Waals surface area contributed by atoms with Gasteiger partial charge in [0.1, 0.15) is 11.9 Å². The van der Waals surface area contributed by atoms with Crippen molar-refractivity contribution in [3.8, 4) is 0 Å². The molecule has 0 aliphatic carbocycles. The van der Waals surface area contributed by atoms with Gasteiger partial charge < -0.3 is 33.8 Å². The lowest BCUT2D eigenvalue weighted by Gasteiger charge is -2.19. The number of ether oxygens (including phenoxy) is 5. The Labute approximate surface area is 144 Å². The lowest BCUT2D eigenvalue weighted by atomic mass is 10.2. The van der Waals surface area contributed by atoms with E-state index in [0.717, 1.165) is 6.29 Å². The van der Waals surface area contributed by atoms with Crippen LogP contribution in [0.25, 0.3) is 0 Å². The molecule has 0 fully saturated rings. The van der Waals surface area contributed by atoms with E-state index < -0.39 is 11.7 Å². The third-order valence-electron chi connectivity index (χ3n) is 2.41. The summed E-state index contributed by atoms with van der Waals surface area (Å²) in [4.78, 5) is 21.4. The summed E-state index contributed by atoms with van der Waals surface area (Å²) < 4.78 is 26.2. The molecule has 8 nitrogen and oxygen atoms in total. The largest absolute Gasteiger partial charge is 0.444 e. The quantitative estimate of drug-likeness (QED) is 0.350. The fraction of sp³-hybridized carbons (Fsp3) is 0.875. The molecule has 0 spiro atoms. The molecule has 1 amide bonds.